The van der Waals surface area contributed by atoms with Gasteiger partial charge in [-0.15, -0.1) is 11.3 Å². The molecule has 122 valence electrons. The van der Waals surface area contributed by atoms with Gasteiger partial charge in [0, 0.05) is 18.1 Å². The maximum Gasteiger partial charge on any atom is 0.410 e. The van der Waals surface area contributed by atoms with Gasteiger partial charge in [0.2, 0.25) is 5.78 Å². The second-order valence-electron chi connectivity index (χ2n) is 6.26. The van der Waals surface area contributed by atoms with E-state index in [1.165, 1.54) is 11.3 Å². The zero-order chi connectivity index (χ0) is 16.2. The molecule has 1 fully saturated rings. The van der Waals surface area contributed by atoms with Gasteiger partial charge in [-0.3, -0.25) is 4.79 Å². The SMILES string of the molecule is CC(C)(C)OC(=O)N1CCC[C@H](OCC(=O)c2nccs2)C1. The molecule has 0 aliphatic carbocycles. The second-order valence-corrected chi connectivity index (χ2v) is 7.16. The Morgan fingerprint density at radius 1 is 1.45 bits per heavy atom. The van der Waals surface area contributed by atoms with Crippen LogP contribution >= 0.6 is 11.3 Å². The summed E-state index contributed by atoms with van der Waals surface area (Å²) in [6.45, 7) is 6.65. The van der Waals surface area contributed by atoms with E-state index < -0.39 is 5.60 Å². The van der Waals surface area contributed by atoms with Crippen molar-refractivity contribution in [3.05, 3.63) is 16.6 Å². The third-order valence-corrected chi connectivity index (χ3v) is 3.96. The first kappa shape index (κ1) is 16.9. The molecular weight excluding hydrogens is 304 g/mol. The minimum absolute atomic E-state index is 0.000336. The number of hydrogen-bond acceptors (Lipinski definition) is 6. The topological polar surface area (TPSA) is 68.7 Å². The van der Waals surface area contributed by atoms with Crippen LogP contribution in [0.5, 0.6) is 0 Å². The van der Waals surface area contributed by atoms with Gasteiger partial charge in [-0.1, -0.05) is 0 Å². The van der Waals surface area contributed by atoms with Crippen molar-refractivity contribution in [1.82, 2.24) is 9.88 Å². The molecule has 1 amide bonds. The summed E-state index contributed by atoms with van der Waals surface area (Å²) in [6, 6.07) is 0. The first-order valence-electron chi connectivity index (χ1n) is 7.37. The molecule has 0 spiro atoms. The predicted octanol–water partition coefficient (Wildman–Crippen LogP) is 2.74. The summed E-state index contributed by atoms with van der Waals surface area (Å²) in [6.07, 6.45) is 2.82. The maximum atomic E-state index is 12.1. The van der Waals surface area contributed by atoms with Gasteiger partial charge in [0.15, 0.2) is 5.01 Å². The van der Waals surface area contributed by atoms with Crippen molar-refractivity contribution in [3.8, 4) is 0 Å². The van der Waals surface area contributed by atoms with Crippen LogP contribution in [0, 0.1) is 0 Å². The summed E-state index contributed by atoms with van der Waals surface area (Å²) in [5, 5.41) is 2.22. The number of carbonyl (C=O) groups excluding carboxylic acids is 2. The molecule has 0 bridgehead atoms. The molecule has 7 heteroatoms. The normalized spacial score (nSPS) is 19.0. The Balaban J connectivity index is 1.80. The van der Waals surface area contributed by atoms with E-state index >= 15 is 0 Å². The number of rotatable bonds is 4. The Bertz CT molecular complexity index is 510. The maximum absolute atomic E-state index is 12.1. The monoisotopic (exact) mass is 326 g/mol. The highest BCUT2D eigenvalue weighted by atomic mass is 32.1. The fourth-order valence-corrected chi connectivity index (χ4v) is 2.75. The van der Waals surface area contributed by atoms with Gasteiger partial charge in [0.1, 0.15) is 12.2 Å². The number of piperidine rings is 1. The van der Waals surface area contributed by atoms with Crippen LogP contribution in [-0.2, 0) is 9.47 Å². The fraction of sp³-hybridized carbons (Fsp3) is 0.667. The van der Waals surface area contributed by atoms with E-state index in [0.29, 0.717) is 18.1 Å². The van der Waals surface area contributed by atoms with Crippen LogP contribution in [-0.4, -0.2) is 53.2 Å². The summed E-state index contributed by atoms with van der Waals surface area (Å²) in [4.78, 5) is 29.5. The Morgan fingerprint density at radius 2 is 2.23 bits per heavy atom. The first-order chi connectivity index (χ1) is 10.3. The predicted molar refractivity (Wildman–Crippen MR) is 83.2 cm³/mol. The molecule has 0 unspecified atom stereocenters. The molecule has 2 rings (SSSR count). The minimum atomic E-state index is -0.508. The smallest absolute Gasteiger partial charge is 0.410 e. The molecular formula is C15H22N2O4S. The van der Waals surface area contributed by atoms with E-state index in [4.69, 9.17) is 9.47 Å². The number of amides is 1. The number of ether oxygens (including phenoxy) is 2. The summed E-state index contributed by atoms with van der Waals surface area (Å²) in [7, 11) is 0. The van der Waals surface area contributed by atoms with Crippen LogP contribution in [0.3, 0.4) is 0 Å². The summed E-state index contributed by atoms with van der Waals surface area (Å²) in [5.74, 6) is -0.121. The van der Waals surface area contributed by atoms with Crippen molar-refractivity contribution in [2.75, 3.05) is 19.7 Å². The van der Waals surface area contributed by atoms with Crippen LogP contribution in [0.25, 0.3) is 0 Å². The van der Waals surface area contributed by atoms with E-state index in [0.717, 1.165) is 12.8 Å². The number of carbonyl (C=O) groups is 2. The molecule has 1 aliphatic heterocycles. The number of Topliss-reactive ketones (excluding diaryl/α,β-unsaturated/α-hetero) is 1. The Labute approximate surface area is 134 Å². The molecule has 1 aromatic rings. The van der Waals surface area contributed by atoms with Crippen molar-refractivity contribution in [2.24, 2.45) is 0 Å². The zero-order valence-corrected chi connectivity index (χ0v) is 14.0. The second kappa shape index (κ2) is 7.19. The molecule has 1 aromatic heterocycles. The lowest BCUT2D eigenvalue weighted by Crippen LogP contribution is -2.45. The lowest BCUT2D eigenvalue weighted by atomic mass is 10.1. The van der Waals surface area contributed by atoms with Crippen molar-refractivity contribution in [3.63, 3.8) is 0 Å². The van der Waals surface area contributed by atoms with Crippen molar-refractivity contribution < 1.29 is 19.1 Å². The van der Waals surface area contributed by atoms with E-state index in [9.17, 15) is 9.59 Å². The molecule has 0 radical (unpaired) electrons. The largest absolute Gasteiger partial charge is 0.444 e. The van der Waals surface area contributed by atoms with Gasteiger partial charge >= 0.3 is 6.09 Å². The van der Waals surface area contributed by atoms with Crippen molar-refractivity contribution in [2.45, 2.75) is 45.3 Å². The highest BCUT2D eigenvalue weighted by molar-refractivity contribution is 7.11. The summed E-state index contributed by atoms with van der Waals surface area (Å²) < 4.78 is 11.0. The number of nitrogens with zero attached hydrogens (tertiary/aromatic N) is 2. The molecule has 2 heterocycles. The van der Waals surface area contributed by atoms with Crippen LogP contribution in [0.1, 0.15) is 43.4 Å². The summed E-state index contributed by atoms with van der Waals surface area (Å²) >= 11 is 1.30. The van der Waals surface area contributed by atoms with E-state index in [2.05, 4.69) is 4.98 Å². The van der Waals surface area contributed by atoms with Gasteiger partial charge in [-0.2, -0.15) is 0 Å². The number of likely N-dealkylation sites (tertiary alicyclic amines) is 1. The molecule has 22 heavy (non-hydrogen) atoms. The molecule has 0 N–H and O–H groups in total. The van der Waals surface area contributed by atoms with Crippen LogP contribution < -0.4 is 0 Å². The standard InChI is InChI=1S/C15H22N2O4S/c1-15(2,3)21-14(19)17-7-4-5-11(9-17)20-10-12(18)13-16-6-8-22-13/h6,8,11H,4-5,7,9-10H2,1-3H3/t11-/m0/s1. The fourth-order valence-electron chi connectivity index (χ4n) is 2.18. The van der Waals surface area contributed by atoms with E-state index in [-0.39, 0.29) is 24.6 Å². The van der Waals surface area contributed by atoms with Gasteiger partial charge in [-0.25, -0.2) is 9.78 Å². The van der Waals surface area contributed by atoms with Crippen LogP contribution in [0.2, 0.25) is 0 Å². The van der Waals surface area contributed by atoms with Gasteiger partial charge in [-0.05, 0) is 33.6 Å². The van der Waals surface area contributed by atoms with E-state index in [1.54, 1.807) is 16.5 Å². The number of ketones is 1. The molecule has 6 nitrogen and oxygen atoms in total. The average molecular weight is 326 g/mol. The first-order valence-corrected chi connectivity index (χ1v) is 8.25. The lowest BCUT2D eigenvalue weighted by Gasteiger charge is -2.33. The molecule has 1 aliphatic rings. The Morgan fingerprint density at radius 3 is 2.86 bits per heavy atom. The third kappa shape index (κ3) is 5.06. The van der Waals surface area contributed by atoms with Crippen molar-refractivity contribution in [1.29, 1.82) is 0 Å². The summed E-state index contributed by atoms with van der Waals surface area (Å²) in [5.41, 5.74) is -0.508. The molecule has 0 saturated carbocycles. The Hall–Kier alpha value is -1.47. The lowest BCUT2D eigenvalue weighted by molar-refractivity contribution is -0.0163. The van der Waals surface area contributed by atoms with Gasteiger partial charge < -0.3 is 14.4 Å². The van der Waals surface area contributed by atoms with Crippen LogP contribution in [0.15, 0.2) is 11.6 Å². The van der Waals surface area contributed by atoms with Gasteiger partial charge in [0.05, 0.1) is 12.6 Å². The molecule has 1 atom stereocenters. The number of aromatic nitrogens is 1. The molecule has 1 saturated heterocycles. The number of thiazole rings is 1. The number of hydrogen-bond donors (Lipinski definition) is 0. The Kier molecular flexibility index (Phi) is 5.52. The third-order valence-electron chi connectivity index (χ3n) is 3.15. The average Bonchev–Trinajstić information content (AvgIpc) is 2.97. The quantitative estimate of drug-likeness (QED) is 0.796. The van der Waals surface area contributed by atoms with Crippen molar-refractivity contribution >= 4 is 23.2 Å². The minimum Gasteiger partial charge on any atom is -0.444 e. The highest BCUT2D eigenvalue weighted by Crippen LogP contribution is 2.17. The molecule has 0 aromatic carbocycles. The zero-order valence-electron chi connectivity index (χ0n) is 13.2. The van der Waals surface area contributed by atoms with Gasteiger partial charge in [0.25, 0.3) is 0 Å². The highest BCUT2D eigenvalue weighted by Gasteiger charge is 2.28. The van der Waals surface area contributed by atoms with Crippen LogP contribution in [0.4, 0.5) is 4.79 Å². The van der Waals surface area contributed by atoms with E-state index in [1.807, 2.05) is 20.8 Å².